The van der Waals surface area contributed by atoms with Crippen molar-refractivity contribution in [3.8, 4) is 5.75 Å². The van der Waals surface area contributed by atoms with E-state index >= 15 is 0 Å². The third-order valence-corrected chi connectivity index (χ3v) is 5.83. The second kappa shape index (κ2) is 10.1. The third kappa shape index (κ3) is 5.61. The number of para-hydroxylation sites is 2. The Bertz CT molecular complexity index is 926. The molecule has 3 rings (SSSR count). The number of carbonyl (C=O) groups excluding carboxylic acids is 2. The monoisotopic (exact) mass is 437 g/mol. The smallest absolute Gasteiger partial charge is 0.251 e. The highest BCUT2D eigenvalue weighted by atomic mass is 16.5. The van der Waals surface area contributed by atoms with Crippen molar-refractivity contribution in [1.29, 1.82) is 0 Å². The average Bonchev–Trinajstić information content (AvgIpc) is 2.79. The van der Waals surface area contributed by atoms with E-state index < -0.39 is 6.04 Å². The number of benzene rings is 2. The lowest BCUT2D eigenvalue weighted by atomic mass is 9.86. The van der Waals surface area contributed by atoms with Gasteiger partial charge in [0, 0.05) is 31.7 Å². The Hall–Kier alpha value is -3.02. The van der Waals surface area contributed by atoms with Gasteiger partial charge in [-0.05, 0) is 49.1 Å². The molecule has 0 radical (unpaired) electrons. The van der Waals surface area contributed by atoms with Gasteiger partial charge >= 0.3 is 0 Å². The Morgan fingerprint density at radius 1 is 1.00 bits per heavy atom. The number of anilines is 1. The number of ether oxygens (including phenoxy) is 1. The van der Waals surface area contributed by atoms with Gasteiger partial charge in [-0.2, -0.15) is 0 Å². The van der Waals surface area contributed by atoms with Gasteiger partial charge in [0.05, 0.1) is 12.3 Å². The number of hydrogen-bond acceptors (Lipinski definition) is 4. The summed E-state index contributed by atoms with van der Waals surface area (Å²) in [6.45, 7) is 13.4. The van der Waals surface area contributed by atoms with Crippen LogP contribution in [0.15, 0.2) is 48.5 Å². The first-order chi connectivity index (χ1) is 15.2. The van der Waals surface area contributed by atoms with Crippen molar-refractivity contribution in [2.24, 2.45) is 0 Å². The van der Waals surface area contributed by atoms with Crippen LogP contribution in [-0.4, -0.2) is 55.5 Å². The maximum atomic E-state index is 12.9. The zero-order chi connectivity index (χ0) is 23.3. The molecule has 0 bridgehead atoms. The lowest BCUT2D eigenvalue weighted by molar-refractivity contribution is -0.133. The Morgan fingerprint density at radius 2 is 1.62 bits per heavy atom. The highest BCUT2D eigenvalue weighted by Gasteiger charge is 2.27. The van der Waals surface area contributed by atoms with Crippen LogP contribution in [0.1, 0.15) is 50.5 Å². The lowest BCUT2D eigenvalue weighted by Crippen LogP contribution is -2.54. The molecule has 32 heavy (non-hydrogen) atoms. The minimum absolute atomic E-state index is 0.0313. The molecule has 1 heterocycles. The van der Waals surface area contributed by atoms with Gasteiger partial charge in [-0.25, -0.2) is 0 Å². The van der Waals surface area contributed by atoms with Crippen LogP contribution in [0.5, 0.6) is 5.75 Å². The van der Waals surface area contributed by atoms with Crippen LogP contribution in [0.25, 0.3) is 0 Å². The molecule has 1 N–H and O–H groups in total. The molecule has 6 heteroatoms. The number of nitrogens with zero attached hydrogens (tertiary/aromatic N) is 2. The molecular weight excluding hydrogens is 402 g/mol. The fourth-order valence-corrected chi connectivity index (χ4v) is 3.90. The van der Waals surface area contributed by atoms with E-state index in [0.29, 0.717) is 25.3 Å². The maximum Gasteiger partial charge on any atom is 0.251 e. The van der Waals surface area contributed by atoms with Crippen LogP contribution in [0, 0.1) is 0 Å². The van der Waals surface area contributed by atoms with E-state index in [0.717, 1.165) is 24.5 Å². The van der Waals surface area contributed by atoms with Gasteiger partial charge < -0.3 is 19.9 Å². The molecule has 2 aromatic carbocycles. The van der Waals surface area contributed by atoms with Gasteiger partial charge in [-0.3, -0.25) is 9.59 Å². The zero-order valence-corrected chi connectivity index (χ0v) is 19.9. The molecular formula is C26H35N3O3. The summed E-state index contributed by atoms with van der Waals surface area (Å²) >= 11 is 0. The van der Waals surface area contributed by atoms with E-state index in [4.69, 9.17) is 4.74 Å². The van der Waals surface area contributed by atoms with Crippen molar-refractivity contribution in [2.45, 2.75) is 46.1 Å². The topological polar surface area (TPSA) is 61.9 Å². The summed E-state index contributed by atoms with van der Waals surface area (Å²) in [6, 6.07) is 15.0. The second-order valence-corrected chi connectivity index (χ2v) is 9.24. The van der Waals surface area contributed by atoms with Crippen LogP contribution in [0.3, 0.4) is 0 Å². The number of amides is 2. The Balaban J connectivity index is 1.55. The average molecular weight is 438 g/mol. The van der Waals surface area contributed by atoms with Crippen molar-refractivity contribution in [2.75, 3.05) is 37.7 Å². The normalized spacial score (nSPS) is 15.3. The molecule has 6 nitrogen and oxygen atoms in total. The van der Waals surface area contributed by atoms with E-state index in [9.17, 15) is 9.59 Å². The van der Waals surface area contributed by atoms with E-state index in [1.165, 1.54) is 5.56 Å². The summed E-state index contributed by atoms with van der Waals surface area (Å²) in [6.07, 6.45) is 0. The number of piperazine rings is 1. The van der Waals surface area contributed by atoms with E-state index in [-0.39, 0.29) is 17.2 Å². The number of rotatable bonds is 6. The molecule has 0 spiro atoms. The predicted octanol–water partition coefficient (Wildman–Crippen LogP) is 3.85. The van der Waals surface area contributed by atoms with Gasteiger partial charge in [-0.15, -0.1) is 0 Å². The highest BCUT2D eigenvalue weighted by Crippen LogP contribution is 2.29. The third-order valence-electron chi connectivity index (χ3n) is 5.83. The fourth-order valence-electron chi connectivity index (χ4n) is 3.90. The molecule has 172 valence electrons. The van der Waals surface area contributed by atoms with Crippen LogP contribution in [-0.2, 0) is 10.2 Å². The number of nitrogens with one attached hydrogen (secondary N) is 1. The van der Waals surface area contributed by atoms with Crippen LogP contribution in [0.2, 0.25) is 0 Å². The summed E-state index contributed by atoms with van der Waals surface area (Å²) in [7, 11) is 0. The lowest BCUT2D eigenvalue weighted by Gasteiger charge is -2.37. The number of carbonyl (C=O) groups is 2. The molecule has 0 aromatic heterocycles. The van der Waals surface area contributed by atoms with E-state index in [1.54, 1.807) is 6.92 Å². The summed E-state index contributed by atoms with van der Waals surface area (Å²) in [5.41, 5.74) is 2.82. The minimum Gasteiger partial charge on any atom is -0.492 e. The Kier molecular flexibility index (Phi) is 7.44. The molecule has 0 aliphatic carbocycles. The van der Waals surface area contributed by atoms with Gasteiger partial charge in [0.1, 0.15) is 11.8 Å². The molecule has 0 saturated carbocycles. The fraction of sp³-hybridized carbons (Fsp3) is 0.462. The Labute approximate surface area is 191 Å². The molecule has 2 amide bonds. The zero-order valence-electron chi connectivity index (χ0n) is 19.9. The van der Waals surface area contributed by atoms with Crippen LogP contribution >= 0.6 is 0 Å². The first-order valence-electron chi connectivity index (χ1n) is 11.4. The predicted molar refractivity (Wildman–Crippen MR) is 128 cm³/mol. The van der Waals surface area contributed by atoms with E-state index in [1.807, 2.05) is 54.3 Å². The van der Waals surface area contributed by atoms with Crippen molar-refractivity contribution in [1.82, 2.24) is 10.2 Å². The highest BCUT2D eigenvalue weighted by molar-refractivity contribution is 5.97. The molecule has 1 unspecified atom stereocenters. The number of hydrogen-bond donors (Lipinski definition) is 1. The molecule has 1 aliphatic rings. The maximum absolute atomic E-state index is 12.9. The van der Waals surface area contributed by atoms with Crippen LogP contribution < -0.4 is 15.0 Å². The largest absolute Gasteiger partial charge is 0.492 e. The first kappa shape index (κ1) is 23.6. The molecule has 1 fully saturated rings. The summed E-state index contributed by atoms with van der Waals surface area (Å²) < 4.78 is 5.74. The van der Waals surface area contributed by atoms with Crippen molar-refractivity contribution < 1.29 is 14.3 Å². The first-order valence-corrected chi connectivity index (χ1v) is 11.4. The molecule has 1 aliphatic heterocycles. The summed E-state index contributed by atoms with van der Waals surface area (Å²) in [4.78, 5) is 29.6. The minimum atomic E-state index is -0.577. The van der Waals surface area contributed by atoms with Crippen molar-refractivity contribution in [3.63, 3.8) is 0 Å². The second-order valence-electron chi connectivity index (χ2n) is 9.24. The summed E-state index contributed by atoms with van der Waals surface area (Å²) in [5.74, 6) is 0.589. The van der Waals surface area contributed by atoms with Gasteiger partial charge in [0.2, 0.25) is 5.91 Å². The molecule has 1 atom stereocenters. The van der Waals surface area contributed by atoms with Crippen molar-refractivity contribution in [3.05, 3.63) is 59.7 Å². The molecule has 2 aromatic rings. The van der Waals surface area contributed by atoms with Crippen LogP contribution in [0.4, 0.5) is 5.69 Å². The Morgan fingerprint density at radius 3 is 2.22 bits per heavy atom. The van der Waals surface area contributed by atoms with Gasteiger partial charge in [0.15, 0.2) is 0 Å². The SMILES string of the molecule is CCOc1ccccc1N1CCN(C(=O)C(C)NC(=O)c2ccc(C(C)(C)C)cc2)CC1. The standard InChI is InChI=1S/C26H35N3O3/c1-6-32-23-10-8-7-9-22(23)28-15-17-29(18-16-28)25(31)19(2)27-24(30)20-11-13-21(14-12-20)26(3,4)5/h7-14,19H,6,15-18H2,1-5H3,(H,27,30). The van der Waals surface area contributed by atoms with E-state index in [2.05, 4.69) is 37.1 Å². The quantitative estimate of drug-likeness (QED) is 0.746. The van der Waals surface area contributed by atoms with Gasteiger partial charge in [0.25, 0.3) is 5.91 Å². The molecule has 1 saturated heterocycles. The van der Waals surface area contributed by atoms with Crippen molar-refractivity contribution >= 4 is 17.5 Å². The summed E-state index contributed by atoms with van der Waals surface area (Å²) in [5, 5.41) is 2.86. The van der Waals surface area contributed by atoms with Gasteiger partial charge in [-0.1, -0.05) is 45.0 Å².